The zero-order valence-electron chi connectivity index (χ0n) is 6.32. The van der Waals surface area contributed by atoms with Gasteiger partial charge in [-0.2, -0.15) is 0 Å². The highest BCUT2D eigenvalue weighted by Crippen LogP contribution is 2.26. The van der Waals surface area contributed by atoms with Crippen molar-refractivity contribution in [3.05, 3.63) is 0 Å². The number of rotatable bonds is 1. The van der Waals surface area contributed by atoms with Gasteiger partial charge < -0.3 is 10.4 Å². The minimum Gasteiger partial charge on any atom is -0.395 e. The van der Waals surface area contributed by atoms with Crippen molar-refractivity contribution in [2.75, 3.05) is 13.2 Å². The first-order valence-electron chi connectivity index (χ1n) is 3.86. The van der Waals surface area contributed by atoms with Gasteiger partial charge in [0.2, 0.25) is 5.92 Å². The number of hydrogen-bond acceptors (Lipinski definition) is 2. The minimum absolute atomic E-state index is 0.0456. The van der Waals surface area contributed by atoms with E-state index >= 15 is 0 Å². The molecule has 1 rings (SSSR count). The van der Waals surface area contributed by atoms with Crippen LogP contribution in [0, 0.1) is 0 Å². The third-order valence-corrected chi connectivity index (χ3v) is 2.00. The van der Waals surface area contributed by atoms with Gasteiger partial charge in [-0.3, -0.25) is 0 Å². The predicted octanol–water partition coefficient (Wildman–Crippen LogP) is 0.756. The van der Waals surface area contributed by atoms with Gasteiger partial charge in [0, 0.05) is 25.4 Å². The first kappa shape index (κ1) is 8.87. The summed E-state index contributed by atoms with van der Waals surface area (Å²) in [6.45, 7) is 0.258. The Morgan fingerprint density at radius 1 is 1.45 bits per heavy atom. The molecule has 1 saturated heterocycles. The Bertz CT molecular complexity index is 130. The van der Waals surface area contributed by atoms with Crippen molar-refractivity contribution < 1.29 is 13.9 Å². The summed E-state index contributed by atoms with van der Waals surface area (Å²) >= 11 is 0. The van der Waals surface area contributed by atoms with Gasteiger partial charge in [0.05, 0.1) is 6.61 Å². The molecule has 0 aromatic carbocycles. The van der Waals surface area contributed by atoms with E-state index in [0.29, 0.717) is 13.0 Å². The Hall–Kier alpha value is -0.220. The van der Waals surface area contributed by atoms with Crippen LogP contribution in [0.25, 0.3) is 0 Å². The molecule has 0 saturated carbocycles. The molecule has 2 nitrogen and oxygen atoms in total. The van der Waals surface area contributed by atoms with Gasteiger partial charge in [-0.05, 0) is 6.42 Å². The standard InChI is InChI=1S/C7H13F2NO/c8-7(9)2-1-6(5-11)10-4-3-7/h6,10-11H,1-5H2. The number of nitrogens with one attached hydrogen (secondary N) is 1. The Labute approximate surface area is 64.6 Å². The molecule has 1 aliphatic rings. The Morgan fingerprint density at radius 2 is 2.18 bits per heavy atom. The number of alkyl halides is 2. The highest BCUT2D eigenvalue weighted by atomic mass is 19.3. The van der Waals surface area contributed by atoms with Gasteiger partial charge >= 0.3 is 0 Å². The van der Waals surface area contributed by atoms with Crippen molar-refractivity contribution in [2.45, 2.75) is 31.2 Å². The molecule has 66 valence electrons. The molecule has 1 heterocycles. The predicted molar refractivity (Wildman–Crippen MR) is 37.7 cm³/mol. The molecule has 0 radical (unpaired) electrons. The lowest BCUT2D eigenvalue weighted by Crippen LogP contribution is -2.31. The molecule has 4 heteroatoms. The Balaban J connectivity index is 2.39. The van der Waals surface area contributed by atoms with Crippen LogP contribution in [0.15, 0.2) is 0 Å². The maximum Gasteiger partial charge on any atom is 0.249 e. The average Bonchev–Trinajstić information content (AvgIpc) is 2.10. The van der Waals surface area contributed by atoms with Crippen molar-refractivity contribution >= 4 is 0 Å². The van der Waals surface area contributed by atoms with E-state index in [1.54, 1.807) is 0 Å². The van der Waals surface area contributed by atoms with Crippen LogP contribution in [0.3, 0.4) is 0 Å². The molecule has 2 N–H and O–H groups in total. The SMILES string of the molecule is OCC1CCC(F)(F)CCN1. The van der Waals surface area contributed by atoms with Gasteiger partial charge in [0.1, 0.15) is 0 Å². The lowest BCUT2D eigenvalue weighted by Gasteiger charge is -2.11. The molecule has 11 heavy (non-hydrogen) atoms. The monoisotopic (exact) mass is 165 g/mol. The second-order valence-electron chi connectivity index (χ2n) is 2.98. The normalized spacial score (nSPS) is 31.4. The van der Waals surface area contributed by atoms with Crippen LogP contribution in [-0.4, -0.2) is 30.2 Å². The topological polar surface area (TPSA) is 32.3 Å². The minimum atomic E-state index is -2.53. The van der Waals surface area contributed by atoms with Crippen molar-refractivity contribution in [1.29, 1.82) is 0 Å². The summed E-state index contributed by atoms with van der Waals surface area (Å²) in [7, 11) is 0. The van der Waals surface area contributed by atoms with Gasteiger partial charge in [-0.25, -0.2) is 8.78 Å². The van der Waals surface area contributed by atoms with E-state index in [-0.39, 0.29) is 25.5 Å². The van der Waals surface area contributed by atoms with E-state index in [1.165, 1.54) is 0 Å². The fourth-order valence-electron chi connectivity index (χ4n) is 1.23. The lowest BCUT2D eigenvalue weighted by molar-refractivity contribution is -0.0115. The molecule has 1 fully saturated rings. The Kier molecular flexibility index (Phi) is 2.78. The summed E-state index contributed by atoms with van der Waals surface area (Å²) in [5.74, 6) is -2.53. The average molecular weight is 165 g/mol. The van der Waals surface area contributed by atoms with E-state index < -0.39 is 5.92 Å². The van der Waals surface area contributed by atoms with Gasteiger partial charge in [-0.1, -0.05) is 0 Å². The van der Waals surface area contributed by atoms with E-state index in [2.05, 4.69) is 5.32 Å². The van der Waals surface area contributed by atoms with Crippen LogP contribution in [0.5, 0.6) is 0 Å². The fraction of sp³-hybridized carbons (Fsp3) is 1.00. The molecule has 0 aliphatic carbocycles. The molecule has 1 unspecified atom stereocenters. The van der Waals surface area contributed by atoms with Crippen LogP contribution >= 0.6 is 0 Å². The summed E-state index contributed by atoms with van der Waals surface area (Å²) in [6, 6.07) is -0.136. The maximum atomic E-state index is 12.7. The van der Waals surface area contributed by atoms with Crippen molar-refractivity contribution in [1.82, 2.24) is 5.32 Å². The van der Waals surface area contributed by atoms with E-state index in [1.807, 2.05) is 0 Å². The maximum absolute atomic E-state index is 12.7. The van der Waals surface area contributed by atoms with E-state index in [9.17, 15) is 8.78 Å². The molecule has 0 amide bonds. The number of aliphatic hydroxyl groups excluding tert-OH is 1. The zero-order chi connectivity index (χ0) is 8.32. The summed E-state index contributed by atoms with van der Waals surface area (Å²) < 4.78 is 25.3. The lowest BCUT2D eigenvalue weighted by atomic mass is 10.1. The molecule has 0 spiro atoms. The van der Waals surface area contributed by atoms with Crippen LogP contribution in [-0.2, 0) is 0 Å². The molecule has 0 aromatic heterocycles. The third kappa shape index (κ3) is 2.71. The molecule has 1 aliphatic heterocycles. The van der Waals surface area contributed by atoms with E-state index in [0.717, 1.165) is 0 Å². The third-order valence-electron chi connectivity index (χ3n) is 2.00. The van der Waals surface area contributed by atoms with Gasteiger partial charge in [0.15, 0.2) is 0 Å². The number of halogens is 2. The number of aliphatic hydroxyl groups is 1. The highest BCUT2D eigenvalue weighted by molar-refractivity contribution is 4.78. The molecular weight excluding hydrogens is 152 g/mol. The summed E-state index contributed by atoms with van der Waals surface area (Å²) in [5, 5.41) is 11.5. The smallest absolute Gasteiger partial charge is 0.249 e. The zero-order valence-corrected chi connectivity index (χ0v) is 6.32. The summed E-state index contributed by atoms with van der Waals surface area (Å²) in [4.78, 5) is 0. The second kappa shape index (κ2) is 3.45. The first-order valence-corrected chi connectivity index (χ1v) is 3.86. The first-order chi connectivity index (χ1) is 5.14. The van der Waals surface area contributed by atoms with Crippen molar-refractivity contribution in [2.24, 2.45) is 0 Å². The second-order valence-corrected chi connectivity index (χ2v) is 2.98. The highest BCUT2D eigenvalue weighted by Gasteiger charge is 2.31. The quantitative estimate of drug-likeness (QED) is 0.601. The molecular formula is C7H13F2NO. The largest absolute Gasteiger partial charge is 0.395 e. The molecule has 0 bridgehead atoms. The van der Waals surface area contributed by atoms with Gasteiger partial charge in [-0.15, -0.1) is 0 Å². The van der Waals surface area contributed by atoms with Crippen LogP contribution in [0.4, 0.5) is 8.78 Å². The van der Waals surface area contributed by atoms with Crippen molar-refractivity contribution in [3.8, 4) is 0 Å². The fourth-order valence-corrected chi connectivity index (χ4v) is 1.23. The van der Waals surface area contributed by atoms with Crippen LogP contribution in [0.1, 0.15) is 19.3 Å². The number of hydrogen-bond donors (Lipinski definition) is 2. The summed E-state index contributed by atoms with van der Waals surface area (Å²) in [6.07, 6.45) is 0.151. The van der Waals surface area contributed by atoms with Crippen LogP contribution < -0.4 is 5.32 Å². The van der Waals surface area contributed by atoms with Crippen LogP contribution in [0.2, 0.25) is 0 Å². The molecule has 1 atom stereocenters. The van der Waals surface area contributed by atoms with E-state index in [4.69, 9.17) is 5.11 Å². The van der Waals surface area contributed by atoms with Crippen molar-refractivity contribution in [3.63, 3.8) is 0 Å². The van der Waals surface area contributed by atoms with Gasteiger partial charge in [0.25, 0.3) is 0 Å². The Morgan fingerprint density at radius 3 is 2.82 bits per heavy atom. The summed E-state index contributed by atoms with van der Waals surface area (Å²) in [5.41, 5.74) is 0. The molecule has 0 aromatic rings.